The van der Waals surface area contributed by atoms with Crippen LogP contribution in [0.1, 0.15) is 5.48 Å². The molecule has 0 radical (unpaired) electrons. The molecule has 12 rings (SSSR count). The topological polar surface area (TPSA) is 11.4 Å². The van der Waals surface area contributed by atoms with Crippen molar-refractivity contribution < 1.29 is 5.48 Å². The molecule has 3 heteroatoms. The van der Waals surface area contributed by atoms with Gasteiger partial charge in [0.05, 0.1) is 22.2 Å². The van der Waals surface area contributed by atoms with E-state index < -0.39 is 0 Å². The fraction of sp³-hybridized carbons (Fsp3) is 0. The molecule has 0 N–H and O–H groups in total. The summed E-state index contributed by atoms with van der Waals surface area (Å²) >= 11 is 0. The van der Waals surface area contributed by atoms with Crippen LogP contribution in [0, 0.1) is 0 Å². The monoisotopic (exact) mass is 807 g/mol. The summed E-state index contributed by atoms with van der Waals surface area (Å²) in [4.78, 5) is 4.14. The quantitative estimate of drug-likeness (QED) is 0.151. The smallest absolute Gasteiger partial charge is 0.0645 e. The molecule has 1 aromatic heterocycles. The summed E-state index contributed by atoms with van der Waals surface area (Å²) in [6, 6.07) is 76.1. The third-order valence-electron chi connectivity index (χ3n) is 12.2. The van der Waals surface area contributed by atoms with Crippen molar-refractivity contribution in [3.8, 4) is 16.8 Å². The SMILES string of the molecule is [2H]c1c([2H])c(N(c2ccccc2)c2ccc3ccccc3c2)c([2H])c([2H])c1-c1cccc2c(N(c3ccc4ccccc4c3)c3ccc4c(c3)c3ccccc3n4-c3ccccc3)cccc12. The molecule has 0 spiro atoms. The lowest BCUT2D eigenvalue weighted by Gasteiger charge is -2.28. The van der Waals surface area contributed by atoms with E-state index in [0.717, 1.165) is 88.2 Å². The number of hydrogen-bond acceptors (Lipinski definition) is 2. The van der Waals surface area contributed by atoms with Crippen molar-refractivity contribution in [2.24, 2.45) is 0 Å². The molecule has 0 amide bonds. The van der Waals surface area contributed by atoms with Gasteiger partial charge in [-0.25, -0.2) is 0 Å². The van der Waals surface area contributed by atoms with Gasteiger partial charge in [-0.2, -0.15) is 0 Å². The highest BCUT2D eigenvalue weighted by Crippen LogP contribution is 2.45. The number of fused-ring (bicyclic) bond motifs is 6. The second kappa shape index (κ2) is 15.3. The first kappa shape index (κ1) is 32.4. The molecule has 0 atom stereocenters. The van der Waals surface area contributed by atoms with Gasteiger partial charge in [0.15, 0.2) is 0 Å². The van der Waals surface area contributed by atoms with Crippen LogP contribution in [0.25, 0.3) is 70.9 Å². The molecule has 11 aromatic carbocycles. The first-order valence-corrected chi connectivity index (χ1v) is 21.3. The summed E-state index contributed by atoms with van der Waals surface area (Å²) in [5.41, 5.74) is 8.73. The molecule has 0 saturated carbocycles. The molecular formula is C60H41N3. The van der Waals surface area contributed by atoms with E-state index in [-0.39, 0.29) is 35.4 Å². The largest absolute Gasteiger partial charge is 0.310 e. The highest BCUT2D eigenvalue weighted by Gasteiger charge is 2.21. The minimum Gasteiger partial charge on any atom is -0.310 e. The maximum atomic E-state index is 9.70. The fourth-order valence-electron chi connectivity index (χ4n) is 9.26. The normalized spacial score (nSPS) is 12.4. The lowest BCUT2D eigenvalue weighted by Crippen LogP contribution is -2.10. The minimum absolute atomic E-state index is 0.109. The number of benzene rings is 11. The van der Waals surface area contributed by atoms with Crippen molar-refractivity contribution in [2.75, 3.05) is 9.80 Å². The Balaban J connectivity index is 1.06. The standard InChI is InChI=1S/C60H41N3/c1-3-19-47(20-4-1)61(50-35-29-42-15-7-9-17-45(42)39-50)49-33-31-44(32-34-49)53-24-13-26-55-54(53)25-14-28-58(55)62(51-36-30-43-16-8-10-18-46(43)40-51)52-37-38-60-57(41-52)56-23-11-12-27-59(56)63(60)48-21-5-2-6-22-48/h1-41H/i31D,32D,33D,34D. The summed E-state index contributed by atoms with van der Waals surface area (Å²) < 4.78 is 41.0. The summed E-state index contributed by atoms with van der Waals surface area (Å²) in [5, 5.41) is 8.34. The predicted octanol–water partition coefficient (Wildman–Crippen LogP) is 16.8. The molecule has 296 valence electrons. The van der Waals surface area contributed by atoms with Gasteiger partial charge in [-0.15, -0.1) is 0 Å². The van der Waals surface area contributed by atoms with Gasteiger partial charge >= 0.3 is 0 Å². The summed E-state index contributed by atoms with van der Waals surface area (Å²) in [6.07, 6.45) is 0. The number of hydrogen-bond donors (Lipinski definition) is 0. The third-order valence-corrected chi connectivity index (χ3v) is 12.2. The van der Waals surface area contributed by atoms with Crippen LogP contribution in [0.2, 0.25) is 0 Å². The molecule has 63 heavy (non-hydrogen) atoms. The van der Waals surface area contributed by atoms with Crippen molar-refractivity contribution in [2.45, 2.75) is 0 Å². The van der Waals surface area contributed by atoms with Gasteiger partial charge in [-0.3, -0.25) is 0 Å². The average Bonchev–Trinajstić information content (AvgIpc) is 3.71. The Morgan fingerprint density at radius 2 is 0.857 bits per heavy atom. The van der Waals surface area contributed by atoms with E-state index in [9.17, 15) is 5.48 Å². The van der Waals surface area contributed by atoms with Crippen molar-refractivity contribution in [3.63, 3.8) is 0 Å². The van der Waals surface area contributed by atoms with E-state index in [1.807, 2.05) is 102 Å². The Morgan fingerprint density at radius 1 is 0.317 bits per heavy atom. The second-order valence-electron chi connectivity index (χ2n) is 15.9. The number of anilines is 6. The van der Waals surface area contributed by atoms with Crippen LogP contribution < -0.4 is 9.80 Å². The second-order valence-corrected chi connectivity index (χ2v) is 15.9. The van der Waals surface area contributed by atoms with Crippen LogP contribution in [-0.4, -0.2) is 4.57 Å². The predicted molar refractivity (Wildman–Crippen MR) is 268 cm³/mol. The van der Waals surface area contributed by atoms with Crippen LogP contribution in [0.3, 0.4) is 0 Å². The number of para-hydroxylation sites is 3. The van der Waals surface area contributed by atoms with Gasteiger partial charge in [-0.05, 0) is 129 Å². The van der Waals surface area contributed by atoms with E-state index >= 15 is 0 Å². The van der Waals surface area contributed by atoms with Gasteiger partial charge in [0, 0.05) is 50.3 Å². The maximum absolute atomic E-state index is 9.70. The van der Waals surface area contributed by atoms with Gasteiger partial charge in [0.2, 0.25) is 0 Å². The zero-order valence-electron chi connectivity index (χ0n) is 38.2. The molecule has 3 nitrogen and oxygen atoms in total. The van der Waals surface area contributed by atoms with Crippen LogP contribution >= 0.6 is 0 Å². The molecule has 12 aromatic rings. The van der Waals surface area contributed by atoms with Crippen LogP contribution in [-0.2, 0) is 0 Å². The Hall–Kier alpha value is -8.40. The van der Waals surface area contributed by atoms with Crippen molar-refractivity contribution in [3.05, 3.63) is 249 Å². The van der Waals surface area contributed by atoms with Crippen LogP contribution in [0.15, 0.2) is 249 Å². The van der Waals surface area contributed by atoms with Crippen LogP contribution in [0.4, 0.5) is 34.1 Å². The highest BCUT2D eigenvalue weighted by atomic mass is 15.1. The lowest BCUT2D eigenvalue weighted by molar-refractivity contribution is 1.18. The number of rotatable bonds is 8. The Labute approximate surface area is 372 Å². The summed E-state index contributed by atoms with van der Waals surface area (Å²) in [5.74, 6) is 0. The van der Waals surface area contributed by atoms with Gasteiger partial charge < -0.3 is 14.4 Å². The molecule has 0 unspecified atom stereocenters. The molecule has 1 heterocycles. The fourth-order valence-corrected chi connectivity index (χ4v) is 9.26. The molecular weight excluding hydrogens is 763 g/mol. The summed E-state index contributed by atoms with van der Waals surface area (Å²) in [7, 11) is 0. The number of aromatic nitrogens is 1. The molecule has 0 aliphatic carbocycles. The zero-order chi connectivity index (χ0) is 45.2. The molecule has 0 aliphatic heterocycles. The van der Waals surface area contributed by atoms with E-state index in [2.05, 4.69) is 137 Å². The first-order valence-electron chi connectivity index (χ1n) is 23.3. The minimum atomic E-state index is -0.123. The average molecular weight is 808 g/mol. The van der Waals surface area contributed by atoms with Gasteiger partial charge in [-0.1, -0.05) is 158 Å². The van der Waals surface area contributed by atoms with E-state index in [4.69, 9.17) is 0 Å². The van der Waals surface area contributed by atoms with Crippen LogP contribution in [0.5, 0.6) is 0 Å². The van der Waals surface area contributed by atoms with E-state index in [1.54, 1.807) is 0 Å². The molecule has 0 aliphatic rings. The number of nitrogens with zero attached hydrogens (tertiary/aromatic N) is 3. The van der Waals surface area contributed by atoms with Crippen molar-refractivity contribution in [1.82, 2.24) is 4.57 Å². The Bertz CT molecular complexity index is 3860. The van der Waals surface area contributed by atoms with Gasteiger partial charge in [0.1, 0.15) is 0 Å². The zero-order valence-corrected chi connectivity index (χ0v) is 34.2. The summed E-state index contributed by atoms with van der Waals surface area (Å²) in [6.45, 7) is 0. The van der Waals surface area contributed by atoms with E-state index in [1.165, 1.54) is 0 Å². The van der Waals surface area contributed by atoms with E-state index in [0.29, 0.717) is 5.56 Å². The van der Waals surface area contributed by atoms with Crippen molar-refractivity contribution >= 4 is 88.2 Å². The molecule has 0 fully saturated rings. The molecule has 0 saturated heterocycles. The highest BCUT2D eigenvalue weighted by molar-refractivity contribution is 6.12. The Kier molecular flexibility index (Phi) is 7.84. The van der Waals surface area contributed by atoms with Gasteiger partial charge in [0.25, 0.3) is 0 Å². The first-order chi connectivity index (χ1) is 32.9. The lowest BCUT2D eigenvalue weighted by atomic mass is 9.96. The third kappa shape index (κ3) is 6.38. The molecule has 0 bridgehead atoms. The Morgan fingerprint density at radius 3 is 1.59 bits per heavy atom. The van der Waals surface area contributed by atoms with Crippen molar-refractivity contribution in [1.29, 1.82) is 0 Å². The maximum Gasteiger partial charge on any atom is 0.0645 e.